The van der Waals surface area contributed by atoms with Crippen molar-refractivity contribution in [3.63, 3.8) is 0 Å². The quantitative estimate of drug-likeness (QED) is 0.650. The van der Waals surface area contributed by atoms with E-state index in [1.165, 1.54) is 19.4 Å². The minimum absolute atomic E-state index is 0.153. The van der Waals surface area contributed by atoms with Crippen LogP contribution in [0.5, 0.6) is 0 Å². The third-order valence-corrected chi connectivity index (χ3v) is 3.39. The Balaban J connectivity index is 2.07. The second kappa shape index (κ2) is 6.22. The second-order valence-corrected chi connectivity index (χ2v) is 5.40. The van der Waals surface area contributed by atoms with Gasteiger partial charge < -0.3 is 9.64 Å². The molecule has 0 radical (unpaired) electrons. The zero-order valence-electron chi connectivity index (χ0n) is 10.8. The van der Waals surface area contributed by atoms with Crippen LogP contribution in [0.15, 0.2) is 0 Å². The molecule has 0 saturated carbocycles. The van der Waals surface area contributed by atoms with Crippen LogP contribution in [0.4, 0.5) is 0 Å². The molecule has 0 amide bonds. The molecule has 1 rings (SSSR count). The molecule has 0 bridgehead atoms. The van der Waals surface area contributed by atoms with Gasteiger partial charge in [0, 0.05) is 20.2 Å². The van der Waals surface area contributed by atoms with E-state index < -0.39 is 0 Å². The van der Waals surface area contributed by atoms with Crippen LogP contribution in [-0.2, 0) is 4.74 Å². The molecule has 0 N–H and O–H groups in total. The van der Waals surface area contributed by atoms with Crippen molar-refractivity contribution < 1.29 is 4.74 Å². The van der Waals surface area contributed by atoms with Crippen LogP contribution in [-0.4, -0.2) is 37.7 Å². The summed E-state index contributed by atoms with van der Waals surface area (Å²) in [5, 5.41) is 8.89. The predicted octanol–water partition coefficient (Wildman–Crippen LogP) is 2.43. The van der Waals surface area contributed by atoms with Gasteiger partial charge in [-0.1, -0.05) is 6.42 Å². The van der Waals surface area contributed by atoms with E-state index in [4.69, 9.17) is 10.00 Å². The molecule has 0 aromatic heterocycles. The predicted molar refractivity (Wildman–Crippen MR) is 65.1 cm³/mol. The SMILES string of the molecule is COC1CCN(CCCCC(C)(C)C#N)C1. The van der Waals surface area contributed by atoms with Crippen LogP contribution in [0.1, 0.15) is 39.5 Å². The van der Waals surface area contributed by atoms with Gasteiger partial charge in [-0.15, -0.1) is 0 Å². The topological polar surface area (TPSA) is 36.3 Å². The highest BCUT2D eigenvalue weighted by Crippen LogP contribution is 2.22. The maximum atomic E-state index is 8.89. The highest BCUT2D eigenvalue weighted by atomic mass is 16.5. The first-order valence-corrected chi connectivity index (χ1v) is 6.24. The number of ether oxygens (including phenoxy) is 1. The maximum absolute atomic E-state index is 8.89. The van der Waals surface area contributed by atoms with Crippen molar-refractivity contribution in [3.8, 4) is 6.07 Å². The van der Waals surface area contributed by atoms with E-state index in [1.54, 1.807) is 7.11 Å². The summed E-state index contributed by atoms with van der Waals surface area (Å²) in [4.78, 5) is 2.47. The molecule has 3 nitrogen and oxygen atoms in total. The van der Waals surface area contributed by atoms with E-state index in [0.29, 0.717) is 6.10 Å². The van der Waals surface area contributed by atoms with Gasteiger partial charge >= 0.3 is 0 Å². The number of hydrogen-bond donors (Lipinski definition) is 0. The molecule has 92 valence electrons. The van der Waals surface area contributed by atoms with E-state index in [0.717, 1.165) is 25.9 Å². The Kier molecular flexibility index (Phi) is 5.24. The summed E-state index contributed by atoms with van der Waals surface area (Å²) >= 11 is 0. The van der Waals surface area contributed by atoms with Crippen molar-refractivity contribution in [2.24, 2.45) is 5.41 Å². The number of likely N-dealkylation sites (tertiary alicyclic amines) is 1. The van der Waals surface area contributed by atoms with Crippen molar-refractivity contribution in [2.75, 3.05) is 26.7 Å². The zero-order valence-corrected chi connectivity index (χ0v) is 10.8. The van der Waals surface area contributed by atoms with Gasteiger partial charge in [-0.05, 0) is 39.7 Å². The van der Waals surface area contributed by atoms with Gasteiger partial charge in [0.1, 0.15) is 0 Å². The van der Waals surface area contributed by atoms with Crippen molar-refractivity contribution in [1.29, 1.82) is 5.26 Å². The first-order chi connectivity index (χ1) is 7.57. The molecular weight excluding hydrogens is 200 g/mol. The third-order valence-electron chi connectivity index (χ3n) is 3.39. The van der Waals surface area contributed by atoms with Gasteiger partial charge in [0.2, 0.25) is 0 Å². The average molecular weight is 224 g/mol. The molecule has 0 aromatic rings. The molecule has 1 atom stereocenters. The standard InChI is InChI=1S/C13H24N2O/c1-13(2,11-14)7-4-5-8-15-9-6-12(10-15)16-3/h12H,4-10H2,1-3H3. The second-order valence-electron chi connectivity index (χ2n) is 5.40. The lowest BCUT2D eigenvalue weighted by molar-refractivity contribution is 0.108. The van der Waals surface area contributed by atoms with Crippen molar-refractivity contribution in [2.45, 2.75) is 45.6 Å². The largest absolute Gasteiger partial charge is 0.380 e. The molecule has 0 spiro atoms. The molecule has 0 aromatic carbocycles. The van der Waals surface area contributed by atoms with Crippen LogP contribution in [0.25, 0.3) is 0 Å². The minimum atomic E-state index is -0.153. The van der Waals surface area contributed by atoms with Crippen molar-refractivity contribution in [3.05, 3.63) is 0 Å². The molecule has 0 aliphatic carbocycles. The number of methoxy groups -OCH3 is 1. The third kappa shape index (κ3) is 4.51. The molecule has 16 heavy (non-hydrogen) atoms. The molecule has 1 aliphatic rings. The smallest absolute Gasteiger partial charge is 0.0710 e. The van der Waals surface area contributed by atoms with E-state index in [2.05, 4.69) is 11.0 Å². The summed E-state index contributed by atoms with van der Waals surface area (Å²) in [5.74, 6) is 0. The fourth-order valence-corrected chi connectivity index (χ4v) is 2.15. The van der Waals surface area contributed by atoms with Gasteiger partial charge in [-0.2, -0.15) is 5.26 Å². The molecule has 1 unspecified atom stereocenters. The Hall–Kier alpha value is -0.590. The normalized spacial score (nSPS) is 22.2. The first-order valence-electron chi connectivity index (χ1n) is 6.24. The summed E-state index contributed by atoms with van der Waals surface area (Å²) in [7, 11) is 1.80. The van der Waals surface area contributed by atoms with Gasteiger partial charge in [0.15, 0.2) is 0 Å². The van der Waals surface area contributed by atoms with Gasteiger partial charge in [0.25, 0.3) is 0 Å². The van der Waals surface area contributed by atoms with Crippen LogP contribution in [0.2, 0.25) is 0 Å². The van der Waals surface area contributed by atoms with Crippen molar-refractivity contribution in [1.82, 2.24) is 4.90 Å². The Labute approximate surface area is 99.4 Å². The Morgan fingerprint density at radius 1 is 1.44 bits per heavy atom. The van der Waals surface area contributed by atoms with Gasteiger partial charge in [0.05, 0.1) is 17.6 Å². The molecule has 1 saturated heterocycles. The number of hydrogen-bond acceptors (Lipinski definition) is 3. The Bertz CT molecular complexity index is 245. The maximum Gasteiger partial charge on any atom is 0.0710 e. The molecule has 1 aliphatic heterocycles. The van der Waals surface area contributed by atoms with Crippen LogP contribution in [0, 0.1) is 16.7 Å². The fourth-order valence-electron chi connectivity index (χ4n) is 2.15. The zero-order chi connectivity index (χ0) is 12.0. The van der Waals surface area contributed by atoms with Gasteiger partial charge in [-0.25, -0.2) is 0 Å². The fraction of sp³-hybridized carbons (Fsp3) is 0.923. The number of rotatable bonds is 6. The molecule has 1 heterocycles. The monoisotopic (exact) mass is 224 g/mol. The van der Waals surface area contributed by atoms with E-state index >= 15 is 0 Å². The highest BCUT2D eigenvalue weighted by molar-refractivity contribution is 4.91. The lowest BCUT2D eigenvalue weighted by Crippen LogP contribution is -2.24. The number of unbranched alkanes of at least 4 members (excludes halogenated alkanes) is 1. The summed E-state index contributed by atoms with van der Waals surface area (Å²) in [6.07, 6.45) is 4.96. The molecular formula is C13H24N2O. The number of nitriles is 1. The van der Waals surface area contributed by atoms with E-state index in [-0.39, 0.29) is 5.41 Å². The summed E-state index contributed by atoms with van der Waals surface area (Å²) in [6, 6.07) is 2.35. The summed E-state index contributed by atoms with van der Waals surface area (Å²) in [5.41, 5.74) is -0.153. The van der Waals surface area contributed by atoms with Crippen LogP contribution in [0.3, 0.4) is 0 Å². The van der Waals surface area contributed by atoms with Crippen LogP contribution < -0.4 is 0 Å². The molecule has 3 heteroatoms. The number of nitrogens with zero attached hydrogens (tertiary/aromatic N) is 2. The highest BCUT2D eigenvalue weighted by Gasteiger charge is 2.21. The van der Waals surface area contributed by atoms with E-state index in [1.807, 2.05) is 13.8 Å². The average Bonchev–Trinajstić information content (AvgIpc) is 2.72. The lowest BCUT2D eigenvalue weighted by Gasteiger charge is -2.18. The molecule has 1 fully saturated rings. The van der Waals surface area contributed by atoms with Crippen LogP contribution >= 0.6 is 0 Å². The Morgan fingerprint density at radius 2 is 2.19 bits per heavy atom. The minimum Gasteiger partial charge on any atom is -0.380 e. The van der Waals surface area contributed by atoms with Crippen molar-refractivity contribution >= 4 is 0 Å². The summed E-state index contributed by atoms with van der Waals surface area (Å²) < 4.78 is 5.33. The lowest BCUT2D eigenvalue weighted by atomic mass is 9.89. The van der Waals surface area contributed by atoms with E-state index in [9.17, 15) is 0 Å². The Morgan fingerprint density at radius 3 is 2.75 bits per heavy atom. The first kappa shape index (κ1) is 13.5. The summed E-state index contributed by atoms with van der Waals surface area (Å²) in [6.45, 7) is 7.44. The van der Waals surface area contributed by atoms with Gasteiger partial charge in [-0.3, -0.25) is 0 Å².